The topological polar surface area (TPSA) is 52.6 Å². The Bertz CT molecular complexity index is 171. The second-order valence-corrected chi connectivity index (χ2v) is 2.80. The van der Waals surface area contributed by atoms with Crippen LogP contribution in [0, 0.1) is 0 Å². The maximum absolute atomic E-state index is 11.2. The van der Waals surface area contributed by atoms with E-state index < -0.39 is 0 Å². The normalized spacial score (nSPS) is 12.6. The van der Waals surface area contributed by atoms with E-state index in [1.54, 1.807) is 20.0 Å². The van der Waals surface area contributed by atoms with Gasteiger partial charge in [0, 0.05) is 20.1 Å². The molecule has 1 amide bonds. The summed E-state index contributed by atoms with van der Waals surface area (Å²) in [4.78, 5) is 13.1. The molecule has 0 bridgehead atoms. The minimum Gasteiger partial charge on any atom is -0.395 e. The van der Waals surface area contributed by atoms with Gasteiger partial charge in [0.25, 0.3) is 0 Å². The minimum atomic E-state index is -0.227. The van der Waals surface area contributed by atoms with Crippen molar-refractivity contribution in [2.24, 2.45) is 0 Å². The molecule has 4 heteroatoms. The molecule has 0 aromatic carbocycles. The Morgan fingerprint density at radius 2 is 2.38 bits per heavy atom. The number of carbonyl (C=O) groups excluding carboxylic acids is 1. The predicted octanol–water partition coefficient (Wildman–Crippen LogP) is -0.399. The van der Waals surface area contributed by atoms with Gasteiger partial charge in [0.2, 0.25) is 5.91 Å². The van der Waals surface area contributed by atoms with E-state index >= 15 is 0 Å². The van der Waals surface area contributed by atoms with Gasteiger partial charge in [-0.25, -0.2) is 0 Å². The molecule has 13 heavy (non-hydrogen) atoms. The molecule has 0 fully saturated rings. The van der Waals surface area contributed by atoms with E-state index in [9.17, 15) is 4.79 Å². The van der Waals surface area contributed by atoms with E-state index in [-0.39, 0.29) is 18.6 Å². The Balaban J connectivity index is 4.16. The molecule has 0 radical (unpaired) electrons. The van der Waals surface area contributed by atoms with Gasteiger partial charge in [0.05, 0.1) is 12.6 Å². The monoisotopic (exact) mass is 186 g/mol. The average Bonchev–Trinajstić information content (AvgIpc) is 2.15. The number of hydrogen-bond acceptors (Lipinski definition) is 3. The van der Waals surface area contributed by atoms with Crippen molar-refractivity contribution in [3.05, 3.63) is 12.7 Å². The van der Waals surface area contributed by atoms with E-state index in [4.69, 9.17) is 5.11 Å². The second-order valence-electron chi connectivity index (χ2n) is 2.80. The summed E-state index contributed by atoms with van der Waals surface area (Å²) >= 11 is 0. The van der Waals surface area contributed by atoms with Crippen LogP contribution in [0.25, 0.3) is 0 Å². The van der Waals surface area contributed by atoms with Gasteiger partial charge in [-0.05, 0) is 6.92 Å². The zero-order valence-electron chi connectivity index (χ0n) is 8.29. The summed E-state index contributed by atoms with van der Waals surface area (Å²) in [6.07, 6.45) is 1.72. The van der Waals surface area contributed by atoms with Crippen LogP contribution in [-0.4, -0.2) is 48.7 Å². The molecule has 2 N–H and O–H groups in total. The van der Waals surface area contributed by atoms with E-state index in [1.165, 1.54) is 0 Å². The first kappa shape index (κ1) is 12.1. The van der Waals surface area contributed by atoms with Gasteiger partial charge in [-0.1, -0.05) is 6.08 Å². The maximum Gasteiger partial charge on any atom is 0.236 e. The first-order valence-electron chi connectivity index (χ1n) is 4.34. The molecule has 76 valence electrons. The molecule has 0 aliphatic rings. The third-order valence-corrected chi connectivity index (χ3v) is 1.92. The Labute approximate surface area is 79.2 Å². The lowest BCUT2D eigenvalue weighted by atomic mass is 10.2. The lowest BCUT2D eigenvalue weighted by Crippen LogP contribution is -2.45. The van der Waals surface area contributed by atoms with Crippen LogP contribution in [0.5, 0.6) is 0 Å². The largest absolute Gasteiger partial charge is 0.395 e. The van der Waals surface area contributed by atoms with Crippen molar-refractivity contribution in [2.45, 2.75) is 13.0 Å². The molecule has 0 rings (SSSR count). The summed E-state index contributed by atoms with van der Waals surface area (Å²) in [6.45, 7) is 6.54. The standard InChI is InChI=1S/C9H18N2O2/c1-4-5-11(6-7-12)8(2)9(13)10-3/h4,8,12H,1,5-7H2,2-3H3,(H,10,13). The number of nitrogens with one attached hydrogen (secondary N) is 1. The number of aliphatic hydroxyl groups is 1. The van der Waals surface area contributed by atoms with E-state index in [2.05, 4.69) is 11.9 Å². The molecule has 0 saturated heterocycles. The van der Waals surface area contributed by atoms with Crippen molar-refractivity contribution in [2.75, 3.05) is 26.7 Å². The lowest BCUT2D eigenvalue weighted by Gasteiger charge is -2.25. The highest BCUT2D eigenvalue weighted by molar-refractivity contribution is 5.80. The molecule has 4 nitrogen and oxygen atoms in total. The number of nitrogens with zero attached hydrogens (tertiary/aromatic N) is 1. The van der Waals surface area contributed by atoms with Gasteiger partial charge >= 0.3 is 0 Å². The summed E-state index contributed by atoms with van der Waals surface area (Å²) in [5.41, 5.74) is 0. The Morgan fingerprint density at radius 1 is 1.77 bits per heavy atom. The van der Waals surface area contributed by atoms with E-state index in [0.717, 1.165) is 0 Å². The van der Waals surface area contributed by atoms with E-state index in [0.29, 0.717) is 13.1 Å². The molecular weight excluding hydrogens is 168 g/mol. The summed E-state index contributed by atoms with van der Waals surface area (Å²) in [6, 6.07) is -0.227. The van der Waals surface area contributed by atoms with Crippen LogP contribution in [0.1, 0.15) is 6.92 Å². The van der Waals surface area contributed by atoms with Crippen molar-refractivity contribution < 1.29 is 9.90 Å². The van der Waals surface area contributed by atoms with Crippen molar-refractivity contribution in [3.63, 3.8) is 0 Å². The maximum atomic E-state index is 11.2. The summed E-state index contributed by atoms with van der Waals surface area (Å²) in [5, 5.41) is 11.3. The van der Waals surface area contributed by atoms with E-state index in [1.807, 2.05) is 4.90 Å². The van der Waals surface area contributed by atoms with Crippen LogP contribution >= 0.6 is 0 Å². The molecule has 0 heterocycles. The van der Waals surface area contributed by atoms with Gasteiger partial charge < -0.3 is 10.4 Å². The lowest BCUT2D eigenvalue weighted by molar-refractivity contribution is -0.125. The fourth-order valence-electron chi connectivity index (χ4n) is 1.11. The Hall–Kier alpha value is -0.870. The average molecular weight is 186 g/mol. The smallest absolute Gasteiger partial charge is 0.236 e. The molecule has 0 aliphatic carbocycles. The quantitative estimate of drug-likeness (QED) is 0.555. The van der Waals surface area contributed by atoms with Crippen LogP contribution in [0.4, 0.5) is 0 Å². The van der Waals surface area contributed by atoms with Gasteiger partial charge in [-0.3, -0.25) is 9.69 Å². The summed E-state index contributed by atoms with van der Waals surface area (Å²) in [7, 11) is 1.60. The highest BCUT2D eigenvalue weighted by Gasteiger charge is 2.17. The number of hydrogen-bond donors (Lipinski definition) is 2. The van der Waals surface area contributed by atoms with Crippen molar-refractivity contribution in [1.82, 2.24) is 10.2 Å². The van der Waals surface area contributed by atoms with Crippen molar-refractivity contribution >= 4 is 5.91 Å². The highest BCUT2D eigenvalue weighted by Crippen LogP contribution is 1.98. The van der Waals surface area contributed by atoms with Crippen LogP contribution in [0.15, 0.2) is 12.7 Å². The molecule has 0 saturated carbocycles. The highest BCUT2D eigenvalue weighted by atomic mass is 16.3. The van der Waals surface area contributed by atoms with Gasteiger partial charge in [0.1, 0.15) is 0 Å². The van der Waals surface area contributed by atoms with Gasteiger partial charge in [-0.15, -0.1) is 6.58 Å². The number of carbonyl (C=O) groups is 1. The first-order valence-corrected chi connectivity index (χ1v) is 4.34. The number of likely N-dealkylation sites (N-methyl/N-ethyl adjacent to an activating group) is 1. The Morgan fingerprint density at radius 3 is 2.77 bits per heavy atom. The minimum absolute atomic E-state index is 0.0460. The Kier molecular flexibility index (Phi) is 6.18. The third-order valence-electron chi connectivity index (χ3n) is 1.92. The molecular formula is C9H18N2O2. The second kappa shape index (κ2) is 6.62. The number of aliphatic hydroxyl groups excluding tert-OH is 1. The third kappa shape index (κ3) is 4.05. The number of rotatable bonds is 6. The van der Waals surface area contributed by atoms with Crippen LogP contribution in [0.3, 0.4) is 0 Å². The SMILES string of the molecule is C=CCN(CCO)C(C)C(=O)NC. The fourth-order valence-corrected chi connectivity index (χ4v) is 1.11. The van der Waals surface area contributed by atoms with Crippen LogP contribution < -0.4 is 5.32 Å². The van der Waals surface area contributed by atoms with Crippen molar-refractivity contribution in [3.8, 4) is 0 Å². The zero-order valence-corrected chi connectivity index (χ0v) is 8.29. The molecule has 0 aliphatic heterocycles. The van der Waals surface area contributed by atoms with Gasteiger partial charge in [-0.2, -0.15) is 0 Å². The molecule has 1 atom stereocenters. The van der Waals surface area contributed by atoms with Crippen LogP contribution in [0.2, 0.25) is 0 Å². The fraction of sp³-hybridized carbons (Fsp3) is 0.667. The predicted molar refractivity (Wildman–Crippen MR) is 52.4 cm³/mol. The first-order chi connectivity index (χ1) is 6.17. The molecule has 0 aromatic heterocycles. The van der Waals surface area contributed by atoms with Gasteiger partial charge in [0.15, 0.2) is 0 Å². The molecule has 1 unspecified atom stereocenters. The zero-order chi connectivity index (χ0) is 10.3. The van der Waals surface area contributed by atoms with Crippen LogP contribution in [-0.2, 0) is 4.79 Å². The summed E-state index contributed by atoms with van der Waals surface area (Å²) < 4.78 is 0. The van der Waals surface area contributed by atoms with Crippen molar-refractivity contribution in [1.29, 1.82) is 0 Å². The number of amides is 1. The summed E-state index contributed by atoms with van der Waals surface area (Å²) in [5.74, 6) is -0.0460. The molecule has 0 spiro atoms. The molecule has 0 aromatic rings.